The molecule has 7 nitrogen and oxygen atoms in total. The Morgan fingerprint density at radius 3 is 2.10 bits per heavy atom. The molecule has 1 aromatic carbocycles. The Morgan fingerprint density at radius 2 is 1.57 bits per heavy atom. The molecule has 0 aromatic heterocycles. The minimum atomic E-state index is -4.76. The number of hydrogen-bond acceptors (Lipinski definition) is 5. The SMILES string of the molecule is CC(C)(C)C1CCC(CC2=C(OCOP(=O)(O)O)C(=O)c3ccccc3C2=O)CC1. The Labute approximate surface area is 176 Å². The molecule has 0 aliphatic heterocycles. The van der Waals surface area contributed by atoms with Crippen LogP contribution in [0, 0.1) is 17.3 Å². The van der Waals surface area contributed by atoms with Gasteiger partial charge in [0.1, 0.15) is 0 Å². The quantitative estimate of drug-likeness (QED) is 0.493. The average molecular weight is 436 g/mol. The fraction of sp³-hybridized carbons (Fsp3) is 0.545. The third-order valence-corrected chi connectivity index (χ3v) is 6.60. The summed E-state index contributed by atoms with van der Waals surface area (Å²) in [6.07, 6.45) is 4.46. The maximum atomic E-state index is 13.1. The highest BCUT2D eigenvalue weighted by Crippen LogP contribution is 2.43. The lowest BCUT2D eigenvalue weighted by atomic mass is 9.68. The number of ketones is 2. The van der Waals surface area contributed by atoms with Gasteiger partial charge >= 0.3 is 7.82 Å². The standard InChI is InChI=1S/C22H29O7P/c1-22(2,3)15-10-8-14(9-11-15)12-18-19(23)16-6-4-5-7-17(16)20(24)21(18)28-13-29-30(25,26)27/h4-7,14-15H,8-13H2,1-3H3,(H2,25,26,27). The fourth-order valence-electron chi connectivity index (χ4n) is 4.42. The van der Waals surface area contributed by atoms with Gasteiger partial charge in [-0.1, -0.05) is 45.0 Å². The maximum Gasteiger partial charge on any atom is 0.472 e. The van der Waals surface area contributed by atoms with Gasteiger partial charge in [0.25, 0.3) is 0 Å². The van der Waals surface area contributed by atoms with Gasteiger partial charge in [0.2, 0.25) is 12.6 Å². The van der Waals surface area contributed by atoms with E-state index in [1.54, 1.807) is 24.3 Å². The molecule has 0 heterocycles. The minimum Gasteiger partial charge on any atom is -0.462 e. The molecule has 0 spiro atoms. The number of carbonyl (C=O) groups excluding carboxylic acids is 2. The molecule has 0 amide bonds. The lowest BCUT2D eigenvalue weighted by Crippen LogP contribution is -2.28. The number of phosphoric ester groups is 1. The van der Waals surface area contributed by atoms with Crippen LogP contribution in [-0.4, -0.2) is 28.1 Å². The highest BCUT2D eigenvalue weighted by Gasteiger charge is 2.36. The van der Waals surface area contributed by atoms with Crippen molar-refractivity contribution in [2.24, 2.45) is 17.3 Å². The molecule has 164 valence electrons. The molecule has 0 atom stereocenters. The summed E-state index contributed by atoms with van der Waals surface area (Å²) in [4.78, 5) is 43.9. The number of phosphoric acid groups is 1. The van der Waals surface area contributed by atoms with E-state index in [0.717, 1.165) is 25.7 Å². The van der Waals surface area contributed by atoms with Crippen LogP contribution in [0.2, 0.25) is 0 Å². The van der Waals surface area contributed by atoms with E-state index >= 15 is 0 Å². The van der Waals surface area contributed by atoms with Gasteiger partial charge in [-0.05, 0) is 49.4 Å². The van der Waals surface area contributed by atoms with E-state index in [2.05, 4.69) is 25.3 Å². The maximum absolute atomic E-state index is 13.1. The third kappa shape index (κ3) is 5.27. The molecule has 2 N–H and O–H groups in total. The predicted molar refractivity (Wildman–Crippen MR) is 111 cm³/mol. The van der Waals surface area contributed by atoms with E-state index in [1.165, 1.54) is 0 Å². The molecule has 1 fully saturated rings. The normalized spacial score (nSPS) is 22.8. The number of Topliss-reactive ketones (excluding diaryl/α,β-unsaturated/α-hetero) is 2. The largest absolute Gasteiger partial charge is 0.472 e. The zero-order chi connectivity index (χ0) is 22.1. The fourth-order valence-corrected chi connectivity index (χ4v) is 4.61. The molecule has 1 saturated carbocycles. The molecule has 0 bridgehead atoms. The van der Waals surface area contributed by atoms with Gasteiger partial charge in [-0.3, -0.25) is 9.59 Å². The summed E-state index contributed by atoms with van der Waals surface area (Å²) >= 11 is 0. The second-order valence-corrected chi connectivity index (χ2v) is 10.4. The molecule has 0 saturated heterocycles. The van der Waals surface area contributed by atoms with E-state index in [-0.39, 0.29) is 34.0 Å². The van der Waals surface area contributed by atoms with Gasteiger partial charge in [0.15, 0.2) is 11.5 Å². The van der Waals surface area contributed by atoms with Gasteiger partial charge in [-0.15, -0.1) is 0 Å². The molecule has 30 heavy (non-hydrogen) atoms. The Balaban J connectivity index is 1.83. The zero-order valence-electron chi connectivity index (χ0n) is 17.6. The molecule has 1 aromatic rings. The number of allylic oxidation sites excluding steroid dienone is 2. The van der Waals surface area contributed by atoms with Crippen LogP contribution < -0.4 is 0 Å². The number of benzene rings is 1. The van der Waals surface area contributed by atoms with E-state index in [0.29, 0.717) is 17.9 Å². The van der Waals surface area contributed by atoms with E-state index in [9.17, 15) is 14.2 Å². The Hall–Kier alpha value is -1.79. The van der Waals surface area contributed by atoms with Crippen molar-refractivity contribution in [3.8, 4) is 0 Å². The first-order valence-electron chi connectivity index (χ1n) is 10.2. The lowest BCUT2D eigenvalue weighted by molar-refractivity contribution is 0.0303. The van der Waals surface area contributed by atoms with Crippen LogP contribution in [0.4, 0.5) is 0 Å². The average Bonchev–Trinajstić information content (AvgIpc) is 2.67. The topological polar surface area (TPSA) is 110 Å². The van der Waals surface area contributed by atoms with Crippen LogP contribution >= 0.6 is 7.82 Å². The number of rotatable bonds is 6. The van der Waals surface area contributed by atoms with E-state index < -0.39 is 20.4 Å². The van der Waals surface area contributed by atoms with Gasteiger partial charge in [0.05, 0.1) is 0 Å². The van der Waals surface area contributed by atoms with Crippen molar-refractivity contribution in [2.75, 3.05) is 6.79 Å². The molecular weight excluding hydrogens is 407 g/mol. The number of ether oxygens (including phenoxy) is 1. The predicted octanol–water partition coefficient (Wildman–Crippen LogP) is 4.65. The van der Waals surface area contributed by atoms with Crippen molar-refractivity contribution in [3.05, 3.63) is 46.7 Å². The minimum absolute atomic E-state index is 0.162. The molecule has 0 radical (unpaired) electrons. The highest BCUT2D eigenvalue weighted by atomic mass is 31.2. The van der Waals surface area contributed by atoms with Crippen molar-refractivity contribution in [3.63, 3.8) is 0 Å². The summed E-state index contributed by atoms with van der Waals surface area (Å²) in [5.74, 6) is -0.0151. The van der Waals surface area contributed by atoms with E-state index in [1.807, 2.05) is 0 Å². The first kappa shape index (κ1) is 22.9. The molecule has 8 heteroatoms. The number of carbonyl (C=O) groups is 2. The summed E-state index contributed by atoms with van der Waals surface area (Å²) in [7, 11) is -4.76. The second kappa shape index (κ2) is 8.75. The van der Waals surface area contributed by atoms with Crippen LogP contribution in [-0.2, 0) is 13.8 Å². The van der Waals surface area contributed by atoms with Crippen molar-refractivity contribution in [1.29, 1.82) is 0 Å². The molecular formula is C22H29O7P. The highest BCUT2D eigenvalue weighted by molar-refractivity contribution is 7.46. The lowest BCUT2D eigenvalue weighted by Gasteiger charge is -2.37. The monoisotopic (exact) mass is 436 g/mol. The number of fused-ring (bicyclic) bond motifs is 1. The Morgan fingerprint density at radius 1 is 1.00 bits per heavy atom. The van der Waals surface area contributed by atoms with E-state index in [4.69, 9.17) is 14.5 Å². The Kier molecular flexibility index (Phi) is 6.68. The molecule has 0 unspecified atom stereocenters. The van der Waals surface area contributed by atoms with Crippen LogP contribution in [0.3, 0.4) is 0 Å². The summed E-state index contributed by atoms with van der Waals surface area (Å²) < 4.78 is 20.6. The first-order valence-corrected chi connectivity index (χ1v) is 11.7. The van der Waals surface area contributed by atoms with Crippen LogP contribution in [0.25, 0.3) is 0 Å². The van der Waals surface area contributed by atoms with Crippen molar-refractivity contribution in [2.45, 2.75) is 52.9 Å². The summed E-state index contributed by atoms with van der Waals surface area (Å²) in [6.45, 7) is 5.93. The Bertz CT molecular complexity index is 898. The molecule has 3 rings (SSSR count). The third-order valence-electron chi connectivity index (χ3n) is 6.16. The summed E-state index contributed by atoms with van der Waals surface area (Å²) in [5.41, 5.74) is 1.08. The molecule has 2 aliphatic rings. The van der Waals surface area contributed by atoms with Gasteiger partial charge in [0, 0.05) is 16.7 Å². The van der Waals surface area contributed by atoms with Gasteiger partial charge < -0.3 is 14.5 Å². The zero-order valence-corrected chi connectivity index (χ0v) is 18.5. The van der Waals surface area contributed by atoms with Crippen LogP contribution in [0.15, 0.2) is 35.6 Å². The smallest absolute Gasteiger partial charge is 0.462 e. The van der Waals surface area contributed by atoms with Crippen LogP contribution in [0.1, 0.15) is 73.6 Å². The summed E-state index contributed by atoms with van der Waals surface area (Å²) in [5, 5.41) is 0. The van der Waals surface area contributed by atoms with Gasteiger partial charge in [-0.2, -0.15) is 0 Å². The first-order chi connectivity index (χ1) is 14.0. The van der Waals surface area contributed by atoms with Crippen molar-refractivity contribution in [1.82, 2.24) is 0 Å². The van der Waals surface area contributed by atoms with Crippen molar-refractivity contribution < 1.29 is 33.2 Å². The van der Waals surface area contributed by atoms with Crippen molar-refractivity contribution >= 4 is 19.4 Å². The molecule has 2 aliphatic carbocycles. The summed E-state index contributed by atoms with van der Waals surface area (Å²) in [6, 6.07) is 6.54. The number of hydrogen-bond donors (Lipinski definition) is 2. The van der Waals surface area contributed by atoms with Crippen LogP contribution in [0.5, 0.6) is 0 Å². The van der Waals surface area contributed by atoms with Gasteiger partial charge in [-0.25, -0.2) is 9.09 Å². The second-order valence-electron chi connectivity index (χ2n) is 9.18.